The number of ether oxygens (including phenoxy) is 1. The van der Waals surface area contributed by atoms with Crippen molar-refractivity contribution in [3.05, 3.63) is 83.8 Å². The van der Waals surface area contributed by atoms with Crippen LogP contribution in [0.25, 0.3) is 22.0 Å². The summed E-state index contributed by atoms with van der Waals surface area (Å²) in [5.41, 5.74) is 3.78. The minimum atomic E-state index is -4.03. The normalized spacial score (nSPS) is 14.2. The van der Waals surface area contributed by atoms with Crippen LogP contribution in [0.3, 0.4) is 0 Å². The third kappa shape index (κ3) is 4.25. The Balaban J connectivity index is 1.48. The molecule has 5 rings (SSSR count). The van der Waals surface area contributed by atoms with E-state index in [2.05, 4.69) is 9.71 Å². The number of aromatic nitrogens is 1. The SMILES string of the molecule is O=S(=O)(N[C@@H](CO)Cc1c[nH]c2ccccc12)c1cc(-c2cccc(F)c2)cc2c1OCC2. The van der Waals surface area contributed by atoms with Gasteiger partial charge in [0.05, 0.1) is 13.2 Å². The van der Waals surface area contributed by atoms with Gasteiger partial charge in [0.2, 0.25) is 10.0 Å². The van der Waals surface area contributed by atoms with Gasteiger partial charge in [0.25, 0.3) is 0 Å². The molecule has 2 heterocycles. The number of hydrogen-bond acceptors (Lipinski definition) is 4. The van der Waals surface area contributed by atoms with Crippen molar-refractivity contribution in [2.45, 2.75) is 23.8 Å². The van der Waals surface area contributed by atoms with E-state index in [-0.39, 0.29) is 11.5 Å². The number of rotatable bonds is 7. The predicted molar refractivity (Wildman–Crippen MR) is 124 cm³/mol. The zero-order chi connectivity index (χ0) is 23.0. The maximum atomic E-state index is 13.8. The molecule has 6 nitrogen and oxygen atoms in total. The average Bonchev–Trinajstić information content (AvgIpc) is 3.45. The highest BCUT2D eigenvalue weighted by Gasteiger charge is 2.29. The van der Waals surface area contributed by atoms with Crippen molar-refractivity contribution in [3.63, 3.8) is 0 Å². The van der Waals surface area contributed by atoms with Crippen molar-refractivity contribution >= 4 is 20.9 Å². The monoisotopic (exact) mass is 466 g/mol. The van der Waals surface area contributed by atoms with E-state index in [0.717, 1.165) is 22.0 Å². The Hall–Kier alpha value is -3.20. The lowest BCUT2D eigenvalue weighted by atomic mass is 10.0. The summed E-state index contributed by atoms with van der Waals surface area (Å²) in [5, 5.41) is 10.9. The van der Waals surface area contributed by atoms with E-state index >= 15 is 0 Å². The zero-order valence-electron chi connectivity index (χ0n) is 17.7. The van der Waals surface area contributed by atoms with Gasteiger partial charge in [-0.1, -0.05) is 30.3 Å². The van der Waals surface area contributed by atoms with Crippen molar-refractivity contribution < 1.29 is 22.7 Å². The number of benzene rings is 3. The first-order valence-corrected chi connectivity index (χ1v) is 12.2. The van der Waals surface area contributed by atoms with Crippen LogP contribution in [0.4, 0.5) is 4.39 Å². The minimum Gasteiger partial charge on any atom is -0.492 e. The Bertz CT molecular complexity index is 1430. The van der Waals surface area contributed by atoms with Crippen LogP contribution in [-0.2, 0) is 22.9 Å². The van der Waals surface area contributed by atoms with Gasteiger partial charge in [0, 0.05) is 29.6 Å². The maximum absolute atomic E-state index is 13.8. The highest BCUT2D eigenvalue weighted by atomic mass is 32.2. The summed E-state index contributed by atoms with van der Waals surface area (Å²) in [7, 11) is -4.03. The van der Waals surface area contributed by atoms with E-state index in [4.69, 9.17) is 4.74 Å². The molecule has 0 bridgehead atoms. The Labute approximate surface area is 191 Å². The van der Waals surface area contributed by atoms with Crippen molar-refractivity contribution in [1.29, 1.82) is 0 Å². The first-order chi connectivity index (χ1) is 15.9. The average molecular weight is 467 g/mol. The molecular formula is C25H23FN2O4S. The fraction of sp³-hybridized carbons (Fsp3) is 0.200. The molecule has 1 aliphatic heterocycles. The Kier molecular flexibility index (Phi) is 5.65. The summed E-state index contributed by atoms with van der Waals surface area (Å²) in [4.78, 5) is 3.16. The molecule has 0 unspecified atom stereocenters. The summed E-state index contributed by atoms with van der Waals surface area (Å²) in [5.74, 6) is -0.0858. The quantitative estimate of drug-likeness (QED) is 0.387. The Morgan fingerprint density at radius 2 is 1.94 bits per heavy atom. The topological polar surface area (TPSA) is 91.4 Å². The van der Waals surface area contributed by atoms with Gasteiger partial charge in [-0.25, -0.2) is 17.5 Å². The van der Waals surface area contributed by atoms with E-state index in [1.807, 2.05) is 36.5 Å². The van der Waals surface area contributed by atoms with Gasteiger partial charge in [-0.15, -0.1) is 0 Å². The molecule has 170 valence electrons. The fourth-order valence-electron chi connectivity index (χ4n) is 4.30. The highest BCUT2D eigenvalue weighted by molar-refractivity contribution is 7.89. The number of nitrogens with one attached hydrogen (secondary N) is 2. The molecule has 0 saturated carbocycles. The molecule has 0 spiro atoms. The summed E-state index contributed by atoms with van der Waals surface area (Å²) < 4.78 is 48.9. The number of sulfonamides is 1. The lowest BCUT2D eigenvalue weighted by Gasteiger charge is -2.18. The summed E-state index contributed by atoms with van der Waals surface area (Å²) in [6.45, 7) is 0.00853. The molecular weight excluding hydrogens is 443 g/mol. The number of aliphatic hydroxyl groups is 1. The van der Waals surface area contributed by atoms with Gasteiger partial charge in [-0.2, -0.15) is 0 Å². The smallest absolute Gasteiger partial charge is 0.244 e. The molecule has 1 atom stereocenters. The number of H-pyrrole nitrogens is 1. The number of fused-ring (bicyclic) bond motifs is 2. The van der Waals surface area contributed by atoms with Crippen LogP contribution >= 0.6 is 0 Å². The molecule has 0 aliphatic carbocycles. The number of hydrogen-bond donors (Lipinski definition) is 3. The largest absolute Gasteiger partial charge is 0.492 e. The van der Waals surface area contributed by atoms with E-state index in [0.29, 0.717) is 36.3 Å². The lowest BCUT2D eigenvalue weighted by Crippen LogP contribution is -2.39. The number of para-hydroxylation sites is 1. The molecule has 33 heavy (non-hydrogen) atoms. The van der Waals surface area contributed by atoms with Crippen molar-refractivity contribution in [3.8, 4) is 16.9 Å². The number of halogens is 1. The molecule has 0 fully saturated rings. The molecule has 3 aromatic carbocycles. The van der Waals surface area contributed by atoms with Gasteiger partial charge in [0.1, 0.15) is 16.5 Å². The molecule has 0 radical (unpaired) electrons. The van der Waals surface area contributed by atoms with E-state index in [1.54, 1.807) is 12.1 Å². The predicted octanol–water partition coefficient (Wildman–Crippen LogP) is 3.79. The summed E-state index contributed by atoms with van der Waals surface area (Å²) in [6, 6.07) is 16.4. The summed E-state index contributed by atoms with van der Waals surface area (Å²) >= 11 is 0. The van der Waals surface area contributed by atoms with E-state index in [1.165, 1.54) is 18.2 Å². The van der Waals surface area contributed by atoms with Crippen LogP contribution < -0.4 is 9.46 Å². The van der Waals surface area contributed by atoms with Crippen molar-refractivity contribution in [2.24, 2.45) is 0 Å². The molecule has 0 saturated heterocycles. The van der Waals surface area contributed by atoms with Gasteiger partial charge in [0.15, 0.2) is 0 Å². The van der Waals surface area contributed by atoms with Gasteiger partial charge >= 0.3 is 0 Å². The van der Waals surface area contributed by atoms with Gasteiger partial charge < -0.3 is 14.8 Å². The van der Waals surface area contributed by atoms with Crippen LogP contribution in [0, 0.1) is 5.82 Å². The molecule has 0 amide bonds. The Morgan fingerprint density at radius 1 is 1.09 bits per heavy atom. The van der Waals surface area contributed by atoms with Crippen LogP contribution in [0.15, 0.2) is 71.8 Å². The van der Waals surface area contributed by atoms with Crippen LogP contribution in [0.5, 0.6) is 5.75 Å². The lowest BCUT2D eigenvalue weighted by molar-refractivity contribution is 0.256. The zero-order valence-corrected chi connectivity index (χ0v) is 18.5. The molecule has 1 aliphatic rings. The second kappa shape index (κ2) is 8.62. The number of aromatic amines is 1. The van der Waals surface area contributed by atoms with E-state index in [9.17, 15) is 17.9 Å². The molecule has 4 aromatic rings. The van der Waals surface area contributed by atoms with Crippen LogP contribution in [0.1, 0.15) is 11.1 Å². The van der Waals surface area contributed by atoms with Crippen molar-refractivity contribution in [2.75, 3.05) is 13.2 Å². The second-order valence-corrected chi connectivity index (χ2v) is 9.82. The van der Waals surface area contributed by atoms with E-state index < -0.39 is 21.9 Å². The van der Waals surface area contributed by atoms with Crippen LogP contribution in [0.2, 0.25) is 0 Å². The molecule has 8 heteroatoms. The third-order valence-electron chi connectivity index (χ3n) is 5.88. The standard InChI is InChI=1S/C25H23FN2O4S/c26-20-5-3-4-16(11-20)18-10-17-8-9-32-25(17)24(13-18)33(30,31)28-21(15-29)12-19-14-27-23-7-2-1-6-22(19)23/h1-7,10-11,13-14,21,27-29H,8-9,12,15H2/t21-/m1/s1. The van der Waals surface area contributed by atoms with Gasteiger partial charge in [-0.05, 0) is 59.0 Å². The maximum Gasteiger partial charge on any atom is 0.244 e. The van der Waals surface area contributed by atoms with Gasteiger partial charge in [-0.3, -0.25) is 0 Å². The van der Waals surface area contributed by atoms with Crippen molar-refractivity contribution in [1.82, 2.24) is 9.71 Å². The fourth-order valence-corrected chi connectivity index (χ4v) is 5.74. The minimum absolute atomic E-state index is 0.00543. The second-order valence-electron chi connectivity index (χ2n) is 8.14. The highest BCUT2D eigenvalue weighted by Crippen LogP contribution is 2.37. The molecule has 3 N–H and O–H groups in total. The third-order valence-corrected chi connectivity index (χ3v) is 7.41. The summed E-state index contributed by atoms with van der Waals surface area (Å²) in [6.07, 6.45) is 2.71. The first kappa shape index (κ1) is 21.6. The molecule has 1 aromatic heterocycles. The first-order valence-electron chi connectivity index (χ1n) is 10.7. The number of aliphatic hydroxyl groups excluding tert-OH is 1. The van der Waals surface area contributed by atoms with Crippen LogP contribution in [-0.4, -0.2) is 37.8 Å². The Morgan fingerprint density at radius 3 is 2.76 bits per heavy atom.